The molecule has 0 saturated heterocycles. The normalized spacial score (nSPS) is 10.1. The van der Waals surface area contributed by atoms with Crippen LogP contribution in [-0.2, 0) is 0 Å². The predicted molar refractivity (Wildman–Crippen MR) is 44.4 cm³/mol. The van der Waals surface area contributed by atoms with Crippen molar-refractivity contribution in [3.8, 4) is 11.8 Å². The molecule has 0 bridgehead atoms. The van der Waals surface area contributed by atoms with E-state index in [0.29, 0.717) is 5.52 Å². The Kier molecular flexibility index (Phi) is 1.36. The number of hydrogen-bond donors (Lipinski definition) is 2. The summed E-state index contributed by atoms with van der Waals surface area (Å²) < 4.78 is 1.19. The van der Waals surface area contributed by atoms with Gasteiger partial charge in [-0.05, 0) is 6.07 Å². The van der Waals surface area contributed by atoms with Crippen molar-refractivity contribution >= 4 is 5.52 Å². The van der Waals surface area contributed by atoms with Crippen LogP contribution in [0.25, 0.3) is 5.52 Å². The predicted octanol–water partition coefficient (Wildman–Crippen LogP) is 0.205. The number of nitrogens with one attached hydrogen (secondary N) is 1. The number of aromatic hydroxyl groups is 1. The Morgan fingerprint density at radius 3 is 3.08 bits per heavy atom. The molecule has 2 aromatic rings. The first-order valence-electron chi connectivity index (χ1n) is 3.56. The number of nitriles is 1. The Labute approximate surface area is 72.5 Å². The van der Waals surface area contributed by atoms with Gasteiger partial charge < -0.3 is 5.11 Å². The van der Waals surface area contributed by atoms with Crippen LogP contribution in [0.15, 0.2) is 23.1 Å². The summed E-state index contributed by atoms with van der Waals surface area (Å²) in [4.78, 5) is 11.2. The average Bonchev–Trinajstić information content (AvgIpc) is 2.53. The molecule has 0 aliphatic heterocycles. The van der Waals surface area contributed by atoms with Gasteiger partial charge in [0.15, 0.2) is 0 Å². The van der Waals surface area contributed by atoms with Crippen LogP contribution in [0.5, 0.6) is 5.75 Å². The van der Waals surface area contributed by atoms with Gasteiger partial charge in [-0.3, -0.25) is 9.89 Å². The minimum absolute atomic E-state index is 0.0980. The average molecular weight is 175 g/mol. The fourth-order valence-corrected chi connectivity index (χ4v) is 1.21. The molecule has 13 heavy (non-hydrogen) atoms. The zero-order valence-corrected chi connectivity index (χ0v) is 6.48. The molecular formula is C8H5N3O2. The summed E-state index contributed by atoms with van der Waals surface area (Å²) in [5, 5.41) is 20.6. The number of aromatic nitrogens is 2. The topological polar surface area (TPSA) is 81.3 Å². The molecule has 0 amide bonds. The molecule has 0 aliphatic carbocycles. The summed E-state index contributed by atoms with van der Waals surface area (Å²) in [6.45, 7) is 0. The SMILES string of the molecule is N#Cc1c(O)cc(=O)n2[nH]ccc12. The zero-order chi connectivity index (χ0) is 9.42. The van der Waals surface area contributed by atoms with Crippen molar-refractivity contribution in [2.75, 3.05) is 0 Å². The van der Waals surface area contributed by atoms with Gasteiger partial charge in [0, 0.05) is 12.3 Å². The monoisotopic (exact) mass is 175 g/mol. The second-order valence-electron chi connectivity index (χ2n) is 2.54. The Bertz CT molecular complexity index is 559. The summed E-state index contributed by atoms with van der Waals surface area (Å²) in [5.41, 5.74) is 0.0878. The number of rotatable bonds is 0. The summed E-state index contributed by atoms with van der Waals surface area (Å²) in [6.07, 6.45) is 1.52. The smallest absolute Gasteiger partial charge is 0.273 e. The maximum absolute atomic E-state index is 11.2. The molecule has 2 aromatic heterocycles. The second kappa shape index (κ2) is 2.38. The third-order valence-electron chi connectivity index (χ3n) is 1.79. The standard InChI is InChI=1S/C8H5N3O2/c9-4-5-6-1-2-10-11(6)8(13)3-7(5)12/h1-3,10,12H. The summed E-state index contributed by atoms with van der Waals surface area (Å²) in [7, 11) is 0. The molecule has 0 aromatic carbocycles. The number of pyridine rings is 1. The van der Waals surface area contributed by atoms with Crippen LogP contribution in [0.3, 0.4) is 0 Å². The van der Waals surface area contributed by atoms with Crippen LogP contribution >= 0.6 is 0 Å². The van der Waals surface area contributed by atoms with E-state index in [1.54, 1.807) is 6.07 Å². The minimum atomic E-state index is -0.392. The molecule has 0 aliphatic rings. The molecule has 0 saturated carbocycles. The van der Waals surface area contributed by atoms with Crippen molar-refractivity contribution in [2.24, 2.45) is 0 Å². The second-order valence-corrected chi connectivity index (χ2v) is 2.54. The van der Waals surface area contributed by atoms with Gasteiger partial charge in [0.2, 0.25) is 0 Å². The van der Waals surface area contributed by atoms with E-state index in [1.807, 2.05) is 6.07 Å². The van der Waals surface area contributed by atoms with E-state index < -0.39 is 5.56 Å². The van der Waals surface area contributed by atoms with E-state index in [-0.39, 0.29) is 11.3 Å². The summed E-state index contributed by atoms with van der Waals surface area (Å²) in [6, 6.07) is 4.38. The van der Waals surface area contributed by atoms with E-state index >= 15 is 0 Å². The van der Waals surface area contributed by atoms with E-state index in [9.17, 15) is 9.90 Å². The first-order chi connectivity index (χ1) is 6.24. The first kappa shape index (κ1) is 7.43. The highest BCUT2D eigenvalue weighted by molar-refractivity contribution is 5.65. The molecule has 0 unspecified atom stereocenters. The molecule has 0 spiro atoms. The number of aromatic amines is 1. The molecule has 0 atom stereocenters. The van der Waals surface area contributed by atoms with Gasteiger partial charge in [0.1, 0.15) is 17.4 Å². The number of H-pyrrole nitrogens is 1. The van der Waals surface area contributed by atoms with Gasteiger partial charge in [-0.15, -0.1) is 0 Å². The van der Waals surface area contributed by atoms with E-state index in [2.05, 4.69) is 5.10 Å². The van der Waals surface area contributed by atoms with E-state index in [1.165, 1.54) is 10.7 Å². The van der Waals surface area contributed by atoms with Crippen LogP contribution in [0.4, 0.5) is 0 Å². The quantitative estimate of drug-likeness (QED) is 0.600. The number of hydrogen-bond acceptors (Lipinski definition) is 3. The number of nitrogens with zero attached hydrogens (tertiary/aromatic N) is 2. The Morgan fingerprint density at radius 1 is 1.62 bits per heavy atom. The maximum atomic E-state index is 11.2. The van der Waals surface area contributed by atoms with Crippen molar-refractivity contribution in [1.82, 2.24) is 9.61 Å². The van der Waals surface area contributed by atoms with Crippen molar-refractivity contribution in [1.29, 1.82) is 5.26 Å². The Balaban J connectivity index is 3.08. The maximum Gasteiger partial charge on any atom is 0.273 e. The molecule has 2 rings (SSSR count). The summed E-state index contributed by atoms with van der Waals surface area (Å²) >= 11 is 0. The van der Waals surface area contributed by atoms with Crippen molar-refractivity contribution in [3.05, 3.63) is 34.2 Å². The van der Waals surface area contributed by atoms with Crippen molar-refractivity contribution in [2.45, 2.75) is 0 Å². The van der Waals surface area contributed by atoms with Gasteiger partial charge in [-0.25, -0.2) is 4.52 Å². The van der Waals surface area contributed by atoms with Crippen molar-refractivity contribution < 1.29 is 5.11 Å². The molecule has 5 heteroatoms. The molecular weight excluding hydrogens is 170 g/mol. The lowest BCUT2D eigenvalue weighted by atomic mass is 10.2. The lowest BCUT2D eigenvalue weighted by molar-refractivity contribution is 0.472. The fourth-order valence-electron chi connectivity index (χ4n) is 1.21. The van der Waals surface area contributed by atoms with Gasteiger partial charge in [-0.2, -0.15) is 5.26 Å². The van der Waals surface area contributed by atoms with Crippen LogP contribution < -0.4 is 5.56 Å². The molecule has 64 valence electrons. The van der Waals surface area contributed by atoms with Crippen LogP contribution in [0, 0.1) is 11.3 Å². The molecule has 0 radical (unpaired) electrons. The lowest BCUT2D eigenvalue weighted by Gasteiger charge is -1.97. The van der Waals surface area contributed by atoms with Crippen LogP contribution in [0.1, 0.15) is 5.56 Å². The number of fused-ring (bicyclic) bond motifs is 1. The Morgan fingerprint density at radius 2 is 2.38 bits per heavy atom. The van der Waals surface area contributed by atoms with Gasteiger partial charge in [0.05, 0.1) is 5.52 Å². The highest BCUT2D eigenvalue weighted by Gasteiger charge is 2.08. The molecule has 2 N–H and O–H groups in total. The van der Waals surface area contributed by atoms with E-state index in [4.69, 9.17) is 5.26 Å². The first-order valence-corrected chi connectivity index (χ1v) is 3.56. The highest BCUT2D eigenvalue weighted by Crippen LogP contribution is 2.17. The summed E-state index contributed by atoms with van der Waals surface area (Å²) in [5.74, 6) is -0.285. The highest BCUT2D eigenvalue weighted by atomic mass is 16.3. The van der Waals surface area contributed by atoms with Crippen LogP contribution in [-0.4, -0.2) is 14.7 Å². The van der Waals surface area contributed by atoms with Crippen LogP contribution in [0.2, 0.25) is 0 Å². The zero-order valence-electron chi connectivity index (χ0n) is 6.48. The third-order valence-corrected chi connectivity index (χ3v) is 1.79. The molecule has 5 nitrogen and oxygen atoms in total. The van der Waals surface area contributed by atoms with E-state index in [0.717, 1.165) is 6.07 Å². The van der Waals surface area contributed by atoms with Gasteiger partial charge >= 0.3 is 0 Å². The fraction of sp³-hybridized carbons (Fsp3) is 0. The molecule has 0 fully saturated rings. The third kappa shape index (κ3) is 0.891. The van der Waals surface area contributed by atoms with Crippen molar-refractivity contribution in [3.63, 3.8) is 0 Å². The van der Waals surface area contributed by atoms with Gasteiger partial charge in [0.25, 0.3) is 5.56 Å². The lowest BCUT2D eigenvalue weighted by Crippen LogP contribution is -2.12. The minimum Gasteiger partial charge on any atom is -0.506 e. The largest absolute Gasteiger partial charge is 0.506 e. The molecule has 2 heterocycles. The Hall–Kier alpha value is -2.22. The van der Waals surface area contributed by atoms with Gasteiger partial charge in [-0.1, -0.05) is 0 Å².